The third-order valence-corrected chi connectivity index (χ3v) is 1.36. The van der Waals surface area contributed by atoms with E-state index in [2.05, 4.69) is 9.82 Å². The van der Waals surface area contributed by atoms with E-state index in [4.69, 9.17) is 5.11 Å². The predicted octanol–water partition coefficient (Wildman–Crippen LogP) is -0.467. The Hall–Kier alpha value is -2.15. The summed E-state index contributed by atoms with van der Waals surface area (Å²) in [7, 11) is 0. The van der Waals surface area contributed by atoms with Crippen molar-refractivity contribution in [1.82, 2.24) is 10.5 Å². The fourth-order valence-electron chi connectivity index (χ4n) is 0.783. The lowest BCUT2D eigenvalue weighted by Crippen LogP contribution is -2.27. The smallest absolute Gasteiger partial charge is 0.332 e. The number of carboxylic acid groups (broad SMARTS) is 1. The van der Waals surface area contributed by atoms with E-state index in [-0.39, 0.29) is 11.4 Å². The molecule has 1 heterocycles. The molecule has 3 N–H and O–H groups in total. The van der Waals surface area contributed by atoms with E-state index in [1.807, 2.05) is 5.48 Å². The number of aromatic hydroxyl groups is 1. The molecule has 80 valence electrons. The molecule has 7 heteroatoms. The highest BCUT2D eigenvalue weighted by Crippen LogP contribution is 2.11. The average Bonchev–Trinajstić information content (AvgIpc) is 2.17. The zero-order valence-corrected chi connectivity index (χ0v) is 7.51. The van der Waals surface area contributed by atoms with Gasteiger partial charge in [0.15, 0.2) is 12.3 Å². The lowest BCUT2D eigenvalue weighted by Gasteiger charge is -2.03. The van der Waals surface area contributed by atoms with E-state index in [1.165, 1.54) is 18.3 Å². The van der Waals surface area contributed by atoms with Crippen molar-refractivity contribution in [3.8, 4) is 5.75 Å². The number of aliphatic carboxylic acids is 1. The molecular weight excluding hydrogens is 204 g/mol. The Morgan fingerprint density at radius 2 is 2.27 bits per heavy atom. The van der Waals surface area contributed by atoms with Gasteiger partial charge in [-0.05, 0) is 12.1 Å². The van der Waals surface area contributed by atoms with E-state index in [0.29, 0.717) is 0 Å². The van der Waals surface area contributed by atoms with Crippen molar-refractivity contribution in [3.63, 3.8) is 0 Å². The van der Waals surface area contributed by atoms with Gasteiger partial charge in [-0.15, -0.1) is 0 Å². The Kier molecular flexibility index (Phi) is 3.58. The Labute approximate surface area is 84.3 Å². The van der Waals surface area contributed by atoms with Gasteiger partial charge in [-0.2, -0.15) is 0 Å². The van der Waals surface area contributed by atoms with Crippen LogP contribution in [0.4, 0.5) is 0 Å². The van der Waals surface area contributed by atoms with Gasteiger partial charge in [0, 0.05) is 6.20 Å². The molecule has 0 saturated carbocycles. The summed E-state index contributed by atoms with van der Waals surface area (Å²) in [4.78, 5) is 29.1. The van der Waals surface area contributed by atoms with Crippen LogP contribution in [0, 0.1) is 0 Å². The van der Waals surface area contributed by atoms with Gasteiger partial charge in [-0.3, -0.25) is 9.63 Å². The lowest BCUT2D eigenvalue weighted by molar-refractivity contribution is -0.144. The number of amides is 1. The number of carboxylic acids is 1. The van der Waals surface area contributed by atoms with Crippen molar-refractivity contribution >= 4 is 11.9 Å². The quantitative estimate of drug-likeness (QED) is 0.582. The summed E-state index contributed by atoms with van der Waals surface area (Å²) in [5.41, 5.74) is 1.60. The van der Waals surface area contributed by atoms with Crippen LogP contribution in [0.5, 0.6) is 5.75 Å². The largest absolute Gasteiger partial charge is 0.505 e. The number of aromatic nitrogens is 1. The molecule has 0 radical (unpaired) electrons. The van der Waals surface area contributed by atoms with Gasteiger partial charge >= 0.3 is 5.97 Å². The summed E-state index contributed by atoms with van der Waals surface area (Å²) in [5.74, 6) is -2.34. The van der Waals surface area contributed by atoms with Gasteiger partial charge in [0.2, 0.25) is 0 Å². The first-order chi connectivity index (χ1) is 7.11. The van der Waals surface area contributed by atoms with Crippen LogP contribution in [0.1, 0.15) is 10.5 Å². The summed E-state index contributed by atoms with van der Waals surface area (Å²) < 4.78 is 0. The number of carbonyl (C=O) groups excluding carboxylic acids is 1. The Morgan fingerprint density at radius 3 is 2.87 bits per heavy atom. The minimum atomic E-state index is -1.22. The van der Waals surface area contributed by atoms with Crippen molar-refractivity contribution in [2.24, 2.45) is 0 Å². The fraction of sp³-hybridized carbons (Fsp3) is 0.125. The maximum atomic E-state index is 11.2. The van der Waals surface area contributed by atoms with Crippen molar-refractivity contribution in [3.05, 3.63) is 24.0 Å². The van der Waals surface area contributed by atoms with Crippen LogP contribution in [-0.2, 0) is 9.63 Å². The highest BCUT2D eigenvalue weighted by molar-refractivity contribution is 5.94. The molecule has 1 aromatic rings. The molecular formula is C8H8N2O5. The van der Waals surface area contributed by atoms with Gasteiger partial charge in [-0.25, -0.2) is 15.3 Å². The number of nitrogens with zero attached hydrogens (tertiary/aromatic N) is 1. The number of pyridine rings is 1. The molecule has 15 heavy (non-hydrogen) atoms. The maximum absolute atomic E-state index is 11.2. The number of rotatable bonds is 4. The number of carbonyl (C=O) groups is 2. The average molecular weight is 212 g/mol. The van der Waals surface area contributed by atoms with Crippen molar-refractivity contribution < 1.29 is 24.6 Å². The SMILES string of the molecule is O=C(O)CONC(=O)c1ncccc1O. The zero-order chi connectivity index (χ0) is 11.3. The second-order valence-corrected chi connectivity index (χ2v) is 2.48. The maximum Gasteiger partial charge on any atom is 0.332 e. The molecule has 0 aromatic carbocycles. The molecule has 0 aliphatic carbocycles. The molecule has 0 bridgehead atoms. The van der Waals surface area contributed by atoms with Crippen LogP contribution >= 0.6 is 0 Å². The molecule has 1 rings (SSSR count). The molecule has 0 aliphatic rings. The summed E-state index contributed by atoms with van der Waals surface area (Å²) in [6, 6.07) is 2.73. The molecule has 0 unspecified atom stereocenters. The second kappa shape index (κ2) is 4.91. The summed E-state index contributed by atoms with van der Waals surface area (Å²) >= 11 is 0. The number of nitrogens with one attached hydrogen (secondary N) is 1. The van der Waals surface area contributed by atoms with Crippen LogP contribution in [0.15, 0.2) is 18.3 Å². The van der Waals surface area contributed by atoms with Crippen LogP contribution < -0.4 is 5.48 Å². The monoisotopic (exact) mass is 212 g/mol. The third-order valence-electron chi connectivity index (χ3n) is 1.36. The third kappa shape index (κ3) is 3.24. The van der Waals surface area contributed by atoms with Gasteiger partial charge in [0.1, 0.15) is 5.75 Å². The highest BCUT2D eigenvalue weighted by Gasteiger charge is 2.12. The first-order valence-electron chi connectivity index (χ1n) is 3.89. The number of hydrogen-bond donors (Lipinski definition) is 3. The summed E-state index contributed by atoms with van der Waals surface area (Å²) in [5, 5.41) is 17.4. The number of hydroxylamine groups is 1. The first kappa shape index (κ1) is 10.9. The van der Waals surface area contributed by atoms with Gasteiger partial charge in [0.05, 0.1) is 0 Å². The van der Waals surface area contributed by atoms with Crippen LogP contribution in [-0.4, -0.2) is 33.7 Å². The fourth-order valence-corrected chi connectivity index (χ4v) is 0.783. The normalized spacial score (nSPS) is 9.60. The van der Waals surface area contributed by atoms with Crippen molar-refractivity contribution in [2.75, 3.05) is 6.61 Å². The van der Waals surface area contributed by atoms with Gasteiger partial charge in [0.25, 0.3) is 5.91 Å². The van der Waals surface area contributed by atoms with E-state index in [0.717, 1.165) is 0 Å². The predicted molar refractivity (Wildman–Crippen MR) is 47.0 cm³/mol. The van der Waals surface area contributed by atoms with Crippen molar-refractivity contribution in [1.29, 1.82) is 0 Å². The van der Waals surface area contributed by atoms with Crippen LogP contribution in [0.25, 0.3) is 0 Å². The zero-order valence-electron chi connectivity index (χ0n) is 7.51. The summed E-state index contributed by atoms with van der Waals surface area (Å²) in [6.45, 7) is -0.667. The minimum Gasteiger partial charge on any atom is -0.505 e. The Balaban J connectivity index is 2.54. The standard InChI is InChI=1S/C8H8N2O5/c11-5-2-1-3-9-7(5)8(14)10-15-4-6(12)13/h1-3,11H,4H2,(H,10,14)(H,12,13). The molecule has 0 fully saturated rings. The van der Waals surface area contributed by atoms with E-state index < -0.39 is 18.5 Å². The van der Waals surface area contributed by atoms with E-state index in [9.17, 15) is 14.7 Å². The Morgan fingerprint density at radius 1 is 1.53 bits per heavy atom. The molecule has 0 atom stereocenters. The summed E-state index contributed by atoms with van der Waals surface area (Å²) in [6.07, 6.45) is 1.31. The first-order valence-corrected chi connectivity index (χ1v) is 3.89. The minimum absolute atomic E-state index is 0.233. The molecule has 1 aromatic heterocycles. The van der Waals surface area contributed by atoms with Gasteiger partial charge < -0.3 is 10.2 Å². The molecule has 7 nitrogen and oxygen atoms in total. The number of hydrogen-bond acceptors (Lipinski definition) is 5. The van der Waals surface area contributed by atoms with E-state index >= 15 is 0 Å². The Bertz CT molecular complexity index is 379. The van der Waals surface area contributed by atoms with E-state index in [1.54, 1.807) is 0 Å². The molecule has 0 aliphatic heterocycles. The van der Waals surface area contributed by atoms with Crippen molar-refractivity contribution in [2.45, 2.75) is 0 Å². The highest BCUT2D eigenvalue weighted by atomic mass is 16.7. The lowest BCUT2D eigenvalue weighted by atomic mass is 10.3. The van der Waals surface area contributed by atoms with Crippen LogP contribution in [0.3, 0.4) is 0 Å². The molecule has 0 saturated heterocycles. The molecule has 0 spiro atoms. The topological polar surface area (TPSA) is 109 Å². The van der Waals surface area contributed by atoms with Crippen LogP contribution in [0.2, 0.25) is 0 Å². The van der Waals surface area contributed by atoms with Gasteiger partial charge in [-0.1, -0.05) is 0 Å². The second-order valence-electron chi connectivity index (χ2n) is 2.48. The molecule has 1 amide bonds.